The molecule has 1 atom stereocenters. The number of halogens is 1. The third-order valence-corrected chi connectivity index (χ3v) is 6.07. The molecule has 0 radical (unpaired) electrons. The lowest BCUT2D eigenvalue weighted by Crippen LogP contribution is -2.59. The molecule has 3 fully saturated rings. The summed E-state index contributed by atoms with van der Waals surface area (Å²) in [5.41, 5.74) is 0.421. The standard InChI is InChI=1S/C15H19BrN6OS/c1-15(8-22-5-3-9(15)4-6-22)23-13(17-2)21-14-20-11-12(24-14)19-10(16)7-18-11/h7,9H,3-6,8H2,1-2H3,(H,17,18,20,21)/t15-/m0/s1. The minimum atomic E-state index is -0.200. The Labute approximate surface area is 152 Å². The number of aliphatic imine (C=N–C) groups is 1. The van der Waals surface area contributed by atoms with Gasteiger partial charge in [-0.3, -0.25) is 10.2 Å². The summed E-state index contributed by atoms with van der Waals surface area (Å²) < 4.78 is 7.00. The average Bonchev–Trinajstić information content (AvgIpc) is 2.96. The zero-order chi connectivity index (χ0) is 16.7. The molecule has 0 saturated carbocycles. The van der Waals surface area contributed by atoms with Crippen molar-refractivity contribution >= 4 is 48.9 Å². The third kappa shape index (κ3) is 3.00. The van der Waals surface area contributed by atoms with E-state index in [1.807, 2.05) is 0 Å². The first-order valence-corrected chi connectivity index (χ1v) is 9.61. The molecule has 7 nitrogen and oxygen atoms in total. The van der Waals surface area contributed by atoms with Gasteiger partial charge in [-0.15, -0.1) is 0 Å². The second-order valence-electron chi connectivity index (χ2n) is 6.46. The van der Waals surface area contributed by atoms with E-state index < -0.39 is 0 Å². The van der Waals surface area contributed by atoms with Crippen LogP contribution < -0.4 is 5.32 Å². The van der Waals surface area contributed by atoms with Gasteiger partial charge in [0.2, 0.25) is 0 Å². The average molecular weight is 411 g/mol. The first-order valence-electron chi connectivity index (χ1n) is 8.00. The SMILES string of the molecule is CN=C(Nc1nc2ncc(Br)nc2s1)O[C@@]1(C)CN2CCC1CC2. The Morgan fingerprint density at radius 2 is 2.25 bits per heavy atom. The normalized spacial score (nSPS) is 29.9. The molecule has 0 spiro atoms. The number of hydrogen-bond acceptors (Lipinski definition) is 7. The molecule has 2 aromatic rings. The number of aromatic nitrogens is 3. The van der Waals surface area contributed by atoms with E-state index in [4.69, 9.17) is 4.74 Å². The number of piperidine rings is 3. The van der Waals surface area contributed by atoms with Crippen molar-refractivity contribution in [1.82, 2.24) is 19.9 Å². The van der Waals surface area contributed by atoms with Gasteiger partial charge in [-0.05, 0) is 48.8 Å². The topological polar surface area (TPSA) is 75.5 Å². The van der Waals surface area contributed by atoms with Crippen LogP contribution in [-0.2, 0) is 4.74 Å². The fourth-order valence-electron chi connectivity index (χ4n) is 3.58. The number of ether oxygens (including phenoxy) is 1. The Bertz CT molecular complexity index is 787. The van der Waals surface area contributed by atoms with Gasteiger partial charge >= 0.3 is 0 Å². The summed E-state index contributed by atoms with van der Waals surface area (Å²) in [6.45, 7) is 5.50. The summed E-state index contributed by atoms with van der Waals surface area (Å²) in [5.74, 6) is 0.579. The highest BCUT2D eigenvalue weighted by molar-refractivity contribution is 9.10. The molecule has 0 amide bonds. The molecular weight excluding hydrogens is 392 g/mol. The van der Waals surface area contributed by atoms with Gasteiger partial charge in [0.1, 0.15) is 10.2 Å². The van der Waals surface area contributed by atoms with E-state index >= 15 is 0 Å². The summed E-state index contributed by atoms with van der Waals surface area (Å²) >= 11 is 4.76. The number of rotatable bonds is 2. The fraction of sp³-hybridized carbons (Fsp3) is 0.600. The second-order valence-corrected chi connectivity index (χ2v) is 8.25. The number of hydrogen-bond donors (Lipinski definition) is 1. The lowest BCUT2D eigenvalue weighted by molar-refractivity contribution is -0.0885. The monoisotopic (exact) mass is 410 g/mol. The number of anilines is 1. The molecule has 1 N–H and O–H groups in total. The van der Waals surface area contributed by atoms with E-state index in [-0.39, 0.29) is 5.60 Å². The molecule has 5 rings (SSSR count). The maximum Gasteiger partial charge on any atom is 0.291 e. The smallest absolute Gasteiger partial charge is 0.291 e. The van der Waals surface area contributed by atoms with Crippen LogP contribution in [0.3, 0.4) is 0 Å². The van der Waals surface area contributed by atoms with Crippen molar-refractivity contribution < 1.29 is 4.74 Å². The van der Waals surface area contributed by atoms with Crippen LogP contribution in [0.2, 0.25) is 0 Å². The van der Waals surface area contributed by atoms with Crippen molar-refractivity contribution in [3.05, 3.63) is 10.8 Å². The van der Waals surface area contributed by atoms with Crippen molar-refractivity contribution in [1.29, 1.82) is 0 Å². The van der Waals surface area contributed by atoms with Crippen LogP contribution in [0.15, 0.2) is 15.8 Å². The Balaban J connectivity index is 1.51. The van der Waals surface area contributed by atoms with E-state index in [0.717, 1.165) is 11.4 Å². The lowest BCUT2D eigenvalue weighted by Gasteiger charge is -2.50. The highest BCUT2D eigenvalue weighted by Gasteiger charge is 2.45. The van der Waals surface area contributed by atoms with Crippen molar-refractivity contribution in [3.8, 4) is 0 Å². The molecule has 3 aliphatic rings. The van der Waals surface area contributed by atoms with Crippen LogP contribution >= 0.6 is 27.3 Å². The minimum absolute atomic E-state index is 0.200. The van der Waals surface area contributed by atoms with E-state index in [1.165, 1.54) is 37.3 Å². The van der Waals surface area contributed by atoms with E-state index in [2.05, 4.69) is 53.0 Å². The molecule has 0 aliphatic carbocycles. The van der Waals surface area contributed by atoms with Gasteiger partial charge in [-0.25, -0.2) is 15.0 Å². The first kappa shape index (κ1) is 16.2. The maximum absolute atomic E-state index is 6.30. The van der Waals surface area contributed by atoms with Crippen molar-refractivity contribution in [2.75, 3.05) is 32.0 Å². The van der Waals surface area contributed by atoms with E-state index in [9.17, 15) is 0 Å². The quantitative estimate of drug-likeness (QED) is 0.605. The molecule has 3 saturated heterocycles. The zero-order valence-electron chi connectivity index (χ0n) is 13.6. The Hall–Kier alpha value is -1.32. The molecule has 0 unspecified atom stereocenters. The fourth-order valence-corrected chi connectivity index (χ4v) is 4.77. The molecule has 3 aliphatic heterocycles. The number of nitrogens with one attached hydrogen (secondary N) is 1. The predicted molar refractivity (Wildman–Crippen MR) is 98.5 cm³/mol. The highest BCUT2D eigenvalue weighted by Crippen LogP contribution is 2.38. The minimum Gasteiger partial charge on any atom is -0.457 e. The Kier molecular flexibility index (Phi) is 4.17. The number of amidine groups is 1. The number of thiazole rings is 1. The Morgan fingerprint density at radius 3 is 2.92 bits per heavy atom. The number of nitrogens with zero attached hydrogens (tertiary/aromatic N) is 5. The molecule has 0 aromatic carbocycles. The van der Waals surface area contributed by atoms with Crippen molar-refractivity contribution in [3.63, 3.8) is 0 Å². The second kappa shape index (κ2) is 6.20. The van der Waals surface area contributed by atoms with Crippen LogP contribution in [0.25, 0.3) is 10.5 Å². The van der Waals surface area contributed by atoms with Crippen LogP contribution in [0.5, 0.6) is 0 Å². The van der Waals surface area contributed by atoms with E-state index in [1.54, 1.807) is 13.2 Å². The summed E-state index contributed by atoms with van der Waals surface area (Å²) in [6.07, 6.45) is 4.03. The van der Waals surface area contributed by atoms with Crippen molar-refractivity contribution in [2.45, 2.75) is 25.4 Å². The summed E-state index contributed by atoms with van der Waals surface area (Å²) in [4.78, 5) is 20.6. The van der Waals surface area contributed by atoms with Crippen molar-refractivity contribution in [2.24, 2.45) is 10.9 Å². The van der Waals surface area contributed by atoms with Gasteiger partial charge in [0.25, 0.3) is 6.02 Å². The van der Waals surface area contributed by atoms with Gasteiger partial charge in [0.15, 0.2) is 15.6 Å². The molecular formula is C15H19BrN6OS. The number of fused-ring (bicyclic) bond motifs is 4. The summed E-state index contributed by atoms with van der Waals surface area (Å²) in [7, 11) is 1.73. The third-order valence-electron chi connectivity index (χ3n) is 4.83. The lowest BCUT2D eigenvalue weighted by atomic mass is 9.76. The summed E-state index contributed by atoms with van der Waals surface area (Å²) in [5, 5.41) is 3.88. The van der Waals surface area contributed by atoms with Crippen LogP contribution in [0.1, 0.15) is 19.8 Å². The summed E-state index contributed by atoms with van der Waals surface area (Å²) in [6, 6.07) is 0.504. The van der Waals surface area contributed by atoms with Gasteiger partial charge in [0, 0.05) is 19.5 Å². The van der Waals surface area contributed by atoms with Gasteiger partial charge in [-0.1, -0.05) is 11.3 Å². The van der Waals surface area contributed by atoms with Crippen LogP contribution in [0, 0.1) is 5.92 Å². The molecule has 128 valence electrons. The first-order chi connectivity index (χ1) is 11.6. The van der Waals surface area contributed by atoms with Crippen LogP contribution in [0.4, 0.5) is 5.13 Å². The Morgan fingerprint density at radius 1 is 1.46 bits per heavy atom. The molecule has 9 heteroatoms. The highest BCUT2D eigenvalue weighted by atomic mass is 79.9. The maximum atomic E-state index is 6.30. The molecule has 5 heterocycles. The largest absolute Gasteiger partial charge is 0.457 e. The van der Waals surface area contributed by atoms with E-state index in [0.29, 0.717) is 27.3 Å². The molecule has 24 heavy (non-hydrogen) atoms. The molecule has 2 aromatic heterocycles. The van der Waals surface area contributed by atoms with Gasteiger partial charge in [-0.2, -0.15) is 4.98 Å². The molecule has 2 bridgehead atoms. The van der Waals surface area contributed by atoms with Crippen LogP contribution in [-0.4, -0.2) is 58.2 Å². The predicted octanol–water partition coefficient (Wildman–Crippen LogP) is 2.75. The van der Waals surface area contributed by atoms with Gasteiger partial charge < -0.3 is 4.74 Å². The van der Waals surface area contributed by atoms with Gasteiger partial charge in [0.05, 0.1) is 6.20 Å². The zero-order valence-corrected chi connectivity index (χ0v) is 16.0.